The third kappa shape index (κ3) is 1.93. The Morgan fingerprint density at radius 1 is 1.16 bits per heavy atom. The molecule has 4 rings (SSSR count). The Balaban J connectivity index is 1.46. The SMILES string of the molecule is COCC(NC1C2C3CCC(C3)C12)c1ccccc1. The summed E-state index contributed by atoms with van der Waals surface area (Å²) in [6.45, 7) is 0.773. The molecule has 0 amide bonds. The molecule has 5 unspecified atom stereocenters. The van der Waals surface area contributed by atoms with Gasteiger partial charge in [-0.3, -0.25) is 0 Å². The number of rotatable bonds is 5. The van der Waals surface area contributed by atoms with E-state index in [4.69, 9.17) is 4.74 Å². The van der Waals surface area contributed by atoms with Crippen LogP contribution < -0.4 is 5.32 Å². The maximum absolute atomic E-state index is 5.42. The van der Waals surface area contributed by atoms with Gasteiger partial charge in [0.05, 0.1) is 12.6 Å². The van der Waals surface area contributed by atoms with Crippen LogP contribution in [-0.2, 0) is 4.74 Å². The lowest BCUT2D eigenvalue weighted by atomic mass is 10.0. The van der Waals surface area contributed by atoms with Crippen molar-refractivity contribution in [2.45, 2.75) is 31.3 Å². The van der Waals surface area contributed by atoms with Crippen LogP contribution in [0, 0.1) is 23.7 Å². The van der Waals surface area contributed by atoms with Gasteiger partial charge in [0, 0.05) is 13.2 Å². The van der Waals surface area contributed by atoms with E-state index in [2.05, 4.69) is 35.6 Å². The summed E-state index contributed by atoms with van der Waals surface area (Å²) in [7, 11) is 1.80. The van der Waals surface area contributed by atoms with E-state index in [-0.39, 0.29) is 0 Å². The van der Waals surface area contributed by atoms with Gasteiger partial charge >= 0.3 is 0 Å². The molecule has 0 saturated heterocycles. The van der Waals surface area contributed by atoms with Crippen molar-refractivity contribution in [3.63, 3.8) is 0 Å². The van der Waals surface area contributed by atoms with Crippen LogP contribution in [0.1, 0.15) is 30.9 Å². The predicted molar refractivity (Wildman–Crippen MR) is 75.8 cm³/mol. The Morgan fingerprint density at radius 3 is 2.47 bits per heavy atom. The predicted octanol–water partition coefficient (Wildman–Crippen LogP) is 3.01. The van der Waals surface area contributed by atoms with E-state index < -0.39 is 0 Å². The molecule has 1 N–H and O–H groups in total. The maximum Gasteiger partial charge on any atom is 0.0657 e. The van der Waals surface area contributed by atoms with Gasteiger partial charge in [-0.1, -0.05) is 30.3 Å². The molecule has 0 aliphatic heterocycles. The smallest absolute Gasteiger partial charge is 0.0657 e. The van der Waals surface area contributed by atoms with Crippen LogP contribution in [0.5, 0.6) is 0 Å². The van der Waals surface area contributed by atoms with Gasteiger partial charge in [0.2, 0.25) is 0 Å². The van der Waals surface area contributed by atoms with Crippen molar-refractivity contribution in [2.75, 3.05) is 13.7 Å². The minimum Gasteiger partial charge on any atom is -0.383 e. The third-order valence-corrected chi connectivity index (χ3v) is 5.66. The van der Waals surface area contributed by atoms with Crippen LogP contribution in [0.25, 0.3) is 0 Å². The number of ether oxygens (including phenoxy) is 1. The molecule has 5 atom stereocenters. The van der Waals surface area contributed by atoms with Crippen LogP contribution in [0.4, 0.5) is 0 Å². The standard InChI is InChI=1S/C17H23NO/c1-19-10-14(11-5-3-2-4-6-11)18-17-15-12-7-8-13(9-12)16(15)17/h2-6,12-18H,7-10H2,1H3. The van der Waals surface area contributed by atoms with Crippen LogP contribution in [0.2, 0.25) is 0 Å². The summed E-state index contributed by atoms with van der Waals surface area (Å²) in [5.74, 6) is 4.04. The molecular weight excluding hydrogens is 234 g/mol. The van der Waals surface area contributed by atoms with E-state index in [0.29, 0.717) is 6.04 Å². The highest BCUT2D eigenvalue weighted by Crippen LogP contribution is 2.65. The fourth-order valence-electron chi connectivity index (χ4n) is 4.87. The molecule has 0 spiro atoms. The average Bonchev–Trinajstić information content (AvgIpc) is 2.84. The first-order valence-corrected chi connectivity index (χ1v) is 7.68. The topological polar surface area (TPSA) is 21.3 Å². The zero-order valence-electron chi connectivity index (χ0n) is 11.6. The molecule has 3 aliphatic carbocycles. The van der Waals surface area contributed by atoms with E-state index in [1.807, 2.05) is 0 Å². The molecule has 0 heterocycles. The first-order valence-electron chi connectivity index (χ1n) is 7.68. The normalized spacial score (nSPS) is 40.2. The summed E-state index contributed by atoms with van der Waals surface area (Å²) in [5, 5.41) is 3.89. The molecule has 19 heavy (non-hydrogen) atoms. The molecule has 3 aliphatic rings. The average molecular weight is 257 g/mol. The van der Waals surface area contributed by atoms with Crippen molar-refractivity contribution in [3.05, 3.63) is 35.9 Å². The van der Waals surface area contributed by atoms with Crippen molar-refractivity contribution < 1.29 is 4.74 Å². The van der Waals surface area contributed by atoms with Crippen molar-refractivity contribution in [1.29, 1.82) is 0 Å². The summed E-state index contributed by atoms with van der Waals surface area (Å²) in [6, 6.07) is 11.9. The number of fused-ring (bicyclic) bond motifs is 5. The zero-order valence-corrected chi connectivity index (χ0v) is 11.6. The summed E-state index contributed by atoms with van der Waals surface area (Å²) in [4.78, 5) is 0. The second-order valence-corrected chi connectivity index (χ2v) is 6.60. The number of methoxy groups -OCH3 is 1. The Labute approximate surface area is 115 Å². The molecule has 3 fully saturated rings. The summed E-state index contributed by atoms with van der Waals surface area (Å²) >= 11 is 0. The molecular formula is C17H23NO. The van der Waals surface area contributed by atoms with Crippen LogP contribution in [-0.4, -0.2) is 19.8 Å². The van der Waals surface area contributed by atoms with E-state index >= 15 is 0 Å². The van der Waals surface area contributed by atoms with Crippen molar-refractivity contribution >= 4 is 0 Å². The maximum atomic E-state index is 5.42. The fraction of sp³-hybridized carbons (Fsp3) is 0.647. The van der Waals surface area contributed by atoms with Gasteiger partial charge < -0.3 is 10.1 Å². The van der Waals surface area contributed by atoms with Gasteiger partial charge in [-0.25, -0.2) is 0 Å². The molecule has 0 aromatic heterocycles. The lowest BCUT2D eigenvalue weighted by molar-refractivity contribution is 0.163. The first-order chi connectivity index (χ1) is 9.38. The minimum absolute atomic E-state index is 0.362. The van der Waals surface area contributed by atoms with Crippen LogP contribution in [0.3, 0.4) is 0 Å². The molecule has 3 saturated carbocycles. The molecule has 2 bridgehead atoms. The Hall–Kier alpha value is -0.860. The van der Waals surface area contributed by atoms with Crippen LogP contribution >= 0.6 is 0 Å². The van der Waals surface area contributed by atoms with E-state index in [1.54, 1.807) is 7.11 Å². The van der Waals surface area contributed by atoms with Gasteiger partial charge in [-0.2, -0.15) is 0 Å². The second-order valence-electron chi connectivity index (χ2n) is 6.60. The molecule has 1 aromatic carbocycles. The van der Waals surface area contributed by atoms with Gasteiger partial charge in [0.25, 0.3) is 0 Å². The number of nitrogens with one attached hydrogen (secondary N) is 1. The highest BCUT2D eigenvalue weighted by Gasteiger charge is 2.65. The molecule has 1 aromatic rings. The zero-order chi connectivity index (χ0) is 12.8. The van der Waals surface area contributed by atoms with Gasteiger partial charge in [-0.15, -0.1) is 0 Å². The largest absolute Gasteiger partial charge is 0.383 e. The third-order valence-electron chi connectivity index (χ3n) is 5.66. The van der Waals surface area contributed by atoms with E-state index in [9.17, 15) is 0 Å². The van der Waals surface area contributed by atoms with E-state index in [0.717, 1.165) is 36.3 Å². The highest BCUT2D eigenvalue weighted by molar-refractivity contribution is 5.22. The molecule has 2 nitrogen and oxygen atoms in total. The summed E-state index contributed by atoms with van der Waals surface area (Å²) in [6.07, 6.45) is 4.50. The fourth-order valence-corrected chi connectivity index (χ4v) is 4.87. The lowest BCUT2D eigenvalue weighted by Gasteiger charge is -2.20. The second kappa shape index (κ2) is 4.60. The molecule has 2 heteroatoms. The van der Waals surface area contributed by atoms with E-state index in [1.165, 1.54) is 24.8 Å². The van der Waals surface area contributed by atoms with Gasteiger partial charge in [0.15, 0.2) is 0 Å². The van der Waals surface area contributed by atoms with Gasteiger partial charge in [0.1, 0.15) is 0 Å². The van der Waals surface area contributed by atoms with Crippen molar-refractivity contribution in [2.24, 2.45) is 23.7 Å². The van der Waals surface area contributed by atoms with Crippen LogP contribution in [0.15, 0.2) is 30.3 Å². The first kappa shape index (κ1) is 11.9. The number of hydrogen-bond acceptors (Lipinski definition) is 2. The number of benzene rings is 1. The number of hydrogen-bond donors (Lipinski definition) is 1. The van der Waals surface area contributed by atoms with Gasteiger partial charge in [-0.05, 0) is 48.5 Å². The van der Waals surface area contributed by atoms with Crippen molar-refractivity contribution in [1.82, 2.24) is 5.32 Å². The molecule has 102 valence electrons. The monoisotopic (exact) mass is 257 g/mol. The Kier molecular flexibility index (Phi) is 2.89. The summed E-state index contributed by atoms with van der Waals surface area (Å²) in [5.41, 5.74) is 1.36. The van der Waals surface area contributed by atoms with Crippen molar-refractivity contribution in [3.8, 4) is 0 Å². The highest BCUT2D eigenvalue weighted by atomic mass is 16.5. The Bertz CT molecular complexity index is 430. The Morgan fingerprint density at radius 2 is 1.84 bits per heavy atom. The lowest BCUT2D eigenvalue weighted by Crippen LogP contribution is -2.30. The molecule has 0 radical (unpaired) electrons. The minimum atomic E-state index is 0.362. The quantitative estimate of drug-likeness (QED) is 0.875. The summed E-state index contributed by atoms with van der Waals surface area (Å²) < 4.78 is 5.42.